The first kappa shape index (κ1) is 13.5. The monoisotopic (exact) mass is 263 g/mol. The van der Waals surface area contributed by atoms with E-state index in [-0.39, 0.29) is 18.4 Å². The van der Waals surface area contributed by atoms with Gasteiger partial charge >= 0.3 is 5.97 Å². The summed E-state index contributed by atoms with van der Waals surface area (Å²) >= 11 is 0. The normalized spacial score (nSPS) is 18.8. The molecule has 1 aromatic rings. The third-order valence-corrected chi connectivity index (χ3v) is 3.10. The number of rotatable bonds is 4. The van der Waals surface area contributed by atoms with Gasteiger partial charge in [-0.3, -0.25) is 9.59 Å². The van der Waals surface area contributed by atoms with Gasteiger partial charge in [0.1, 0.15) is 0 Å². The Morgan fingerprint density at radius 3 is 2.84 bits per heavy atom. The highest BCUT2D eigenvalue weighted by Crippen LogP contribution is 2.12. The van der Waals surface area contributed by atoms with E-state index in [0.29, 0.717) is 17.7 Å². The Kier molecular flexibility index (Phi) is 4.52. The van der Waals surface area contributed by atoms with Crippen LogP contribution < -0.4 is 5.32 Å². The summed E-state index contributed by atoms with van der Waals surface area (Å²) in [5.74, 6) is -1.17. The maximum Gasteiger partial charge on any atom is 0.307 e. The standard InChI is InChI=1S/C14H17NO4/c16-13(17)8-10-4-1-2-6-12(10)14(18)15-11-5-3-7-19-9-11/h1-2,4,6,11H,3,5,7-9H2,(H,15,18)(H,16,17). The van der Waals surface area contributed by atoms with Crippen LogP contribution in [-0.2, 0) is 16.0 Å². The smallest absolute Gasteiger partial charge is 0.307 e. The summed E-state index contributed by atoms with van der Waals surface area (Å²) in [5.41, 5.74) is 0.958. The molecule has 0 bridgehead atoms. The summed E-state index contributed by atoms with van der Waals surface area (Å²) < 4.78 is 5.30. The molecule has 102 valence electrons. The van der Waals surface area contributed by atoms with E-state index < -0.39 is 5.97 Å². The van der Waals surface area contributed by atoms with E-state index in [1.54, 1.807) is 24.3 Å². The van der Waals surface area contributed by atoms with Crippen LogP contribution in [0.1, 0.15) is 28.8 Å². The van der Waals surface area contributed by atoms with Crippen LogP contribution in [0.4, 0.5) is 0 Å². The van der Waals surface area contributed by atoms with Crippen LogP contribution in [0.25, 0.3) is 0 Å². The minimum absolute atomic E-state index is 0.0131. The fourth-order valence-electron chi connectivity index (χ4n) is 2.18. The average molecular weight is 263 g/mol. The third-order valence-electron chi connectivity index (χ3n) is 3.10. The number of carbonyl (C=O) groups excluding carboxylic acids is 1. The van der Waals surface area contributed by atoms with Crippen LogP contribution in [0.3, 0.4) is 0 Å². The highest BCUT2D eigenvalue weighted by molar-refractivity contribution is 5.96. The molecule has 1 heterocycles. The molecule has 5 nitrogen and oxygen atoms in total. The number of nitrogens with one attached hydrogen (secondary N) is 1. The number of carboxylic acid groups (broad SMARTS) is 1. The molecule has 1 unspecified atom stereocenters. The fourth-order valence-corrected chi connectivity index (χ4v) is 2.18. The summed E-state index contributed by atoms with van der Waals surface area (Å²) in [4.78, 5) is 22.9. The Balaban J connectivity index is 2.07. The first-order chi connectivity index (χ1) is 9.16. The lowest BCUT2D eigenvalue weighted by Crippen LogP contribution is -2.41. The van der Waals surface area contributed by atoms with E-state index in [4.69, 9.17) is 9.84 Å². The van der Waals surface area contributed by atoms with Crippen molar-refractivity contribution in [3.8, 4) is 0 Å². The average Bonchev–Trinajstić information content (AvgIpc) is 2.39. The zero-order chi connectivity index (χ0) is 13.7. The Bertz CT molecular complexity index is 466. The van der Waals surface area contributed by atoms with Crippen molar-refractivity contribution >= 4 is 11.9 Å². The maximum absolute atomic E-state index is 12.2. The minimum Gasteiger partial charge on any atom is -0.481 e. The van der Waals surface area contributed by atoms with Gasteiger partial charge in [0.25, 0.3) is 5.91 Å². The van der Waals surface area contributed by atoms with E-state index in [1.807, 2.05) is 0 Å². The number of hydrogen-bond acceptors (Lipinski definition) is 3. The molecule has 0 saturated carbocycles. The fraction of sp³-hybridized carbons (Fsp3) is 0.429. The lowest BCUT2D eigenvalue weighted by Gasteiger charge is -2.23. The van der Waals surface area contributed by atoms with Crippen molar-refractivity contribution in [3.63, 3.8) is 0 Å². The number of carbonyl (C=O) groups is 2. The van der Waals surface area contributed by atoms with Crippen LogP contribution in [-0.4, -0.2) is 36.2 Å². The first-order valence-electron chi connectivity index (χ1n) is 6.35. The van der Waals surface area contributed by atoms with Crippen molar-refractivity contribution in [1.82, 2.24) is 5.32 Å². The number of aliphatic carboxylic acids is 1. The molecule has 1 aliphatic rings. The Morgan fingerprint density at radius 1 is 1.37 bits per heavy atom. The second kappa shape index (κ2) is 6.33. The zero-order valence-corrected chi connectivity index (χ0v) is 10.6. The highest BCUT2D eigenvalue weighted by Gasteiger charge is 2.19. The van der Waals surface area contributed by atoms with Crippen LogP contribution >= 0.6 is 0 Å². The lowest BCUT2D eigenvalue weighted by molar-refractivity contribution is -0.136. The third kappa shape index (κ3) is 3.79. The van der Waals surface area contributed by atoms with Crippen molar-refractivity contribution in [1.29, 1.82) is 0 Å². The van der Waals surface area contributed by atoms with Gasteiger partial charge in [-0.15, -0.1) is 0 Å². The number of benzene rings is 1. The van der Waals surface area contributed by atoms with E-state index in [9.17, 15) is 9.59 Å². The van der Waals surface area contributed by atoms with Gasteiger partial charge in [0.2, 0.25) is 0 Å². The largest absolute Gasteiger partial charge is 0.481 e. The van der Waals surface area contributed by atoms with Gasteiger partial charge in [-0.25, -0.2) is 0 Å². The van der Waals surface area contributed by atoms with Crippen molar-refractivity contribution in [2.24, 2.45) is 0 Å². The topological polar surface area (TPSA) is 75.6 Å². The molecule has 1 aliphatic heterocycles. The van der Waals surface area contributed by atoms with Gasteiger partial charge in [0.05, 0.1) is 19.1 Å². The predicted octanol–water partition coefficient (Wildman–Crippen LogP) is 1.22. The predicted molar refractivity (Wildman–Crippen MR) is 69.1 cm³/mol. The first-order valence-corrected chi connectivity index (χ1v) is 6.35. The second-order valence-electron chi connectivity index (χ2n) is 4.62. The molecular weight excluding hydrogens is 246 g/mol. The van der Waals surface area contributed by atoms with Crippen molar-refractivity contribution in [2.45, 2.75) is 25.3 Å². The zero-order valence-electron chi connectivity index (χ0n) is 10.6. The Morgan fingerprint density at radius 2 is 2.16 bits per heavy atom. The molecule has 1 atom stereocenters. The Labute approximate surface area is 111 Å². The molecule has 0 aromatic heterocycles. The minimum atomic E-state index is -0.943. The second-order valence-corrected chi connectivity index (χ2v) is 4.62. The van der Waals surface area contributed by atoms with E-state index in [1.165, 1.54) is 0 Å². The van der Waals surface area contributed by atoms with Crippen LogP contribution in [0.2, 0.25) is 0 Å². The molecule has 1 fully saturated rings. The van der Waals surface area contributed by atoms with Gasteiger partial charge in [-0.05, 0) is 24.5 Å². The molecule has 19 heavy (non-hydrogen) atoms. The summed E-state index contributed by atoms with van der Waals surface area (Å²) in [7, 11) is 0. The molecular formula is C14H17NO4. The van der Waals surface area contributed by atoms with Gasteiger partial charge < -0.3 is 15.2 Å². The molecule has 5 heteroatoms. The number of amides is 1. The number of carboxylic acids is 1. The number of hydrogen-bond donors (Lipinski definition) is 2. The summed E-state index contributed by atoms with van der Waals surface area (Å²) in [6.45, 7) is 1.26. The van der Waals surface area contributed by atoms with E-state index >= 15 is 0 Å². The van der Waals surface area contributed by atoms with E-state index in [2.05, 4.69) is 5.32 Å². The summed E-state index contributed by atoms with van der Waals surface area (Å²) in [5, 5.41) is 11.7. The van der Waals surface area contributed by atoms with Crippen molar-refractivity contribution in [2.75, 3.05) is 13.2 Å². The number of ether oxygens (including phenoxy) is 1. The van der Waals surface area contributed by atoms with Crippen molar-refractivity contribution in [3.05, 3.63) is 35.4 Å². The lowest BCUT2D eigenvalue weighted by atomic mass is 10.0. The molecule has 1 amide bonds. The van der Waals surface area contributed by atoms with Gasteiger partial charge in [0.15, 0.2) is 0 Å². The molecule has 2 N–H and O–H groups in total. The van der Waals surface area contributed by atoms with Gasteiger partial charge in [0, 0.05) is 12.2 Å². The molecule has 1 saturated heterocycles. The summed E-state index contributed by atoms with van der Waals surface area (Å²) in [6, 6.07) is 6.80. The molecule has 0 aliphatic carbocycles. The van der Waals surface area contributed by atoms with Crippen LogP contribution in [0, 0.1) is 0 Å². The molecule has 0 radical (unpaired) electrons. The van der Waals surface area contributed by atoms with Gasteiger partial charge in [-0.2, -0.15) is 0 Å². The highest BCUT2D eigenvalue weighted by atomic mass is 16.5. The molecule has 2 rings (SSSR count). The Hall–Kier alpha value is -1.88. The van der Waals surface area contributed by atoms with Crippen molar-refractivity contribution < 1.29 is 19.4 Å². The SMILES string of the molecule is O=C(O)Cc1ccccc1C(=O)NC1CCCOC1. The molecule has 0 spiro atoms. The van der Waals surface area contributed by atoms with Crippen LogP contribution in [0.5, 0.6) is 0 Å². The summed E-state index contributed by atoms with van der Waals surface area (Å²) in [6.07, 6.45) is 1.68. The maximum atomic E-state index is 12.2. The quantitative estimate of drug-likeness (QED) is 0.856. The molecule has 1 aromatic carbocycles. The van der Waals surface area contributed by atoms with Crippen LogP contribution in [0.15, 0.2) is 24.3 Å². The van der Waals surface area contributed by atoms with Gasteiger partial charge in [-0.1, -0.05) is 18.2 Å². The van der Waals surface area contributed by atoms with E-state index in [0.717, 1.165) is 19.4 Å².